The normalized spacial score (nSPS) is 15.9. The van der Waals surface area contributed by atoms with Gasteiger partial charge in [-0.1, -0.05) is 98.2 Å². The number of carbonyl (C=O) groups excluding carboxylic acids is 4. The molecular formula is C42H44ClF3N4O6. The van der Waals surface area contributed by atoms with Gasteiger partial charge in [0.05, 0.1) is 7.11 Å². The van der Waals surface area contributed by atoms with Crippen molar-refractivity contribution < 1.29 is 41.8 Å². The fraction of sp³-hybridized carbons (Fsp3) is 0.333. The van der Waals surface area contributed by atoms with Gasteiger partial charge in [0.2, 0.25) is 12.3 Å². The number of amides is 4. The second-order valence-electron chi connectivity index (χ2n) is 13.1. The number of nitrogens with zero attached hydrogens (tertiary/aromatic N) is 3. The summed E-state index contributed by atoms with van der Waals surface area (Å²) in [6.07, 6.45) is -1.23. The molecule has 56 heavy (non-hydrogen) atoms. The maximum Gasteiger partial charge on any atom is 0.409 e. The first-order chi connectivity index (χ1) is 27.0. The molecule has 0 bridgehead atoms. The number of benzene rings is 4. The van der Waals surface area contributed by atoms with Gasteiger partial charge in [0.25, 0.3) is 5.92 Å². The van der Waals surface area contributed by atoms with Crippen molar-refractivity contribution in [1.29, 1.82) is 0 Å². The van der Waals surface area contributed by atoms with Crippen molar-refractivity contribution in [2.24, 2.45) is 0 Å². The summed E-state index contributed by atoms with van der Waals surface area (Å²) >= 11 is 6.20. The summed E-state index contributed by atoms with van der Waals surface area (Å²) in [4.78, 5) is 52.9. The second kappa shape index (κ2) is 18.9. The van der Waals surface area contributed by atoms with Crippen LogP contribution in [0.25, 0.3) is 11.1 Å². The highest BCUT2D eigenvalue weighted by molar-refractivity contribution is 6.31. The number of methoxy groups -OCH3 is 1. The summed E-state index contributed by atoms with van der Waals surface area (Å²) in [6.45, 7) is 6.12. The molecule has 0 spiro atoms. The van der Waals surface area contributed by atoms with Gasteiger partial charge in [-0.15, -0.1) is 0 Å². The third-order valence-corrected chi connectivity index (χ3v) is 10.0. The molecule has 7 rings (SSSR count). The first kappa shape index (κ1) is 41.6. The predicted molar refractivity (Wildman–Crippen MR) is 207 cm³/mol. The van der Waals surface area contributed by atoms with E-state index in [1.807, 2.05) is 38.1 Å². The van der Waals surface area contributed by atoms with Crippen LogP contribution >= 0.6 is 11.6 Å². The number of halogens is 4. The third-order valence-electron chi connectivity index (χ3n) is 9.69. The Kier molecular flexibility index (Phi) is 14.0. The lowest BCUT2D eigenvalue weighted by molar-refractivity contribution is -0.131. The lowest BCUT2D eigenvalue weighted by atomic mass is 9.87. The van der Waals surface area contributed by atoms with E-state index >= 15 is 0 Å². The van der Waals surface area contributed by atoms with E-state index in [9.17, 15) is 32.3 Å². The van der Waals surface area contributed by atoms with Crippen LogP contribution in [0.5, 0.6) is 0 Å². The average molecular weight is 793 g/mol. The first-order valence-electron chi connectivity index (χ1n) is 18.3. The van der Waals surface area contributed by atoms with E-state index in [0.717, 1.165) is 11.0 Å². The van der Waals surface area contributed by atoms with Crippen LogP contribution < -0.4 is 10.2 Å². The van der Waals surface area contributed by atoms with Gasteiger partial charge < -0.3 is 24.6 Å². The van der Waals surface area contributed by atoms with Gasteiger partial charge in [-0.25, -0.2) is 22.8 Å². The van der Waals surface area contributed by atoms with Crippen LogP contribution in [0.15, 0.2) is 97.1 Å². The number of fused-ring (bicyclic) bond motifs is 3. The molecule has 1 atom stereocenters. The van der Waals surface area contributed by atoms with Gasteiger partial charge in [-0.2, -0.15) is 0 Å². The van der Waals surface area contributed by atoms with Crippen molar-refractivity contribution >= 4 is 41.8 Å². The molecule has 2 aliphatic carbocycles. The van der Waals surface area contributed by atoms with Crippen LogP contribution in [-0.4, -0.2) is 86.2 Å². The third kappa shape index (κ3) is 9.62. The number of rotatable bonds is 8. The van der Waals surface area contributed by atoms with Gasteiger partial charge in [0, 0.05) is 67.3 Å². The molecule has 1 saturated heterocycles. The number of anilines is 1. The van der Waals surface area contributed by atoms with Crippen molar-refractivity contribution in [3.05, 3.63) is 125 Å². The fourth-order valence-electron chi connectivity index (χ4n) is 6.95. The van der Waals surface area contributed by atoms with E-state index in [-0.39, 0.29) is 28.8 Å². The summed E-state index contributed by atoms with van der Waals surface area (Å²) in [6, 6.07) is 26.2. The second-order valence-corrected chi connectivity index (χ2v) is 13.5. The molecule has 1 heterocycles. The molecule has 1 aliphatic heterocycles. The molecule has 14 heteroatoms. The number of alkyl halides is 2. The Labute approximate surface area is 329 Å². The smallest absolute Gasteiger partial charge is 0.409 e. The Balaban J connectivity index is 0.000000205. The van der Waals surface area contributed by atoms with Crippen LogP contribution in [0, 0.1) is 5.82 Å². The lowest BCUT2D eigenvalue weighted by Gasteiger charge is -2.37. The topological polar surface area (TPSA) is 108 Å². The number of nitrogens with one attached hydrogen (secondary N) is 1. The molecule has 4 amide bonds. The Morgan fingerprint density at radius 3 is 1.95 bits per heavy atom. The zero-order valence-electron chi connectivity index (χ0n) is 31.3. The van der Waals surface area contributed by atoms with Gasteiger partial charge in [0.15, 0.2) is 0 Å². The molecule has 1 saturated carbocycles. The van der Waals surface area contributed by atoms with E-state index in [1.54, 1.807) is 34.1 Å². The highest BCUT2D eigenvalue weighted by Crippen LogP contribution is 2.44. The molecule has 1 unspecified atom stereocenters. The van der Waals surface area contributed by atoms with Crippen LogP contribution in [-0.2, 0) is 19.1 Å². The van der Waals surface area contributed by atoms with Gasteiger partial charge in [0.1, 0.15) is 18.5 Å². The summed E-state index contributed by atoms with van der Waals surface area (Å²) in [7, 11) is 1.36. The predicted octanol–water partition coefficient (Wildman–Crippen LogP) is 8.44. The number of hydrogen-bond acceptors (Lipinski definition) is 6. The molecule has 296 valence electrons. The molecule has 0 radical (unpaired) electrons. The molecular weight excluding hydrogens is 749 g/mol. The van der Waals surface area contributed by atoms with Crippen molar-refractivity contribution in [3.63, 3.8) is 0 Å². The Morgan fingerprint density at radius 2 is 1.41 bits per heavy atom. The summed E-state index contributed by atoms with van der Waals surface area (Å²) in [5.74, 6) is -4.00. The van der Waals surface area contributed by atoms with E-state index < -0.39 is 42.6 Å². The summed E-state index contributed by atoms with van der Waals surface area (Å²) in [5.41, 5.74) is 5.26. The zero-order valence-corrected chi connectivity index (χ0v) is 32.1. The highest BCUT2D eigenvalue weighted by atomic mass is 35.5. The van der Waals surface area contributed by atoms with E-state index in [1.165, 1.54) is 47.6 Å². The van der Waals surface area contributed by atoms with Gasteiger partial charge in [-0.05, 0) is 46.5 Å². The van der Waals surface area contributed by atoms with Crippen LogP contribution in [0.2, 0.25) is 5.02 Å². The van der Waals surface area contributed by atoms with E-state index in [4.69, 9.17) is 21.1 Å². The molecule has 10 nitrogen and oxygen atoms in total. The van der Waals surface area contributed by atoms with Gasteiger partial charge >= 0.3 is 12.2 Å². The lowest BCUT2D eigenvalue weighted by Crippen LogP contribution is -2.53. The Bertz CT molecular complexity index is 1960. The van der Waals surface area contributed by atoms with Crippen molar-refractivity contribution in [2.75, 3.05) is 44.8 Å². The monoisotopic (exact) mass is 792 g/mol. The Hall–Kier alpha value is -5.56. The molecule has 1 N–H and O–H groups in total. The van der Waals surface area contributed by atoms with Crippen LogP contribution in [0.4, 0.5) is 28.4 Å². The number of ether oxygens (including phenoxy) is 2. The fourth-order valence-corrected chi connectivity index (χ4v) is 7.19. The maximum absolute atomic E-state index is 13.6. The van der Waals surface area contributed by atoms with Crippen LogP contribution in [0.1, 0.15) is 55.3 Å². The molecule has 4 aromatic rings. The quantitative estimate of drug-likeness (QED) is 0.180. The largest absolute Gasteiger partial charge is 0.453 e. The molecule has 3 aliphatic rings. The van der Waals surface area contributed by atoms with Gasteiger partial charge in [-0.3, -0.25) is 14.5 Å². The van der Waals surface area contributed by atoms with Crippen molar-refractivity contribution in [1.82, 2.24) is 15.1 Å². The number of carbonyl (C=O) groups is 4. The average Bonchev–Trinajstić information content (AvgIpc) is 3.52. The first-order valence-corrected chi connectivity index (χ1v) is 18.7. The van der Waals surface area contributed by atoms with Crippen molar-refractivity contribution in [2.45, 2.75) is 50.6 Å². The standard InChI is InChI=1S/C21H22N2O4.C19H16ClF3N2O2.C2H6/c1-26-20(24)22-10-12-23(13-11-22)21(25)27-14-19-17-8-4-2-6-15(17)16-7-3-5-9-18(16)19;20-16-7-2-1-6-15(16)17(18(27)24-13-9-19(22,23)10-13)25(11-26)14-5-3-4-12(21)8-14;1-2/h2-9,19H,10-14H2,1H3;1-8,11,13,17H,9-10H2,(H,24,27);1-2H3. The Morgan fingerprint density at radius 1 is 0.857 bits per heavy atom. The molecule has 4 aromatic carbocycles. The van der Waals surface area contributed by atoms with E-state index in [2.05, 4.69) is 29.6 Å². The minimum atomic E-state index is -2.80. The maximum atomic E-state index is 13.6. The minimum Gasteiger partial charge on any atom is -0.453 e. The minimum absolute atomic E-state index is 0.0534. The summed E-state index contributed by atoms with van der Waals surface area (Å²) < 4.78 is 50.2. The highest BCUT2D eigenvalue weighted by Gasteiger charge is 2.47. The van der Waals surface area contributed by atoms with Crippen LogP contribution in [0.3, 0.4) is 0 Å². The molecule has 0 aromatic heterocycles. The zero-order chi connectivity index (χ0) is 40.4. The van der Waals surface area contributed by atoms with Crippen molar-refractivity contribution in [3.8, 4) is 11.1 Å². The molecule has 2 fully saturated rings. The SMILES string of the molecule is CC.COC(=O)N1CCN(C(=O)OCC2c3ccccc3-c3ccccc32)CC1.O=CN(c1cccc(F)c1)C(C(=O)NC1CC(F)(F)C1)c1ccccc1Cl. The summed E-state index contributed by atoms with van der Waals surface area (Å²) in [5, 5.41) is 2.75. The van der Waals surface area contributed by atoms with E-state index in [0.29, 0.717) is 44.8 Å². The number of piperazine rings is 1. The number of hydrogen-bond donors (Lipinski definition) is 1.